The average Bonchev–Trinajstić information content (AvgIpc) is 3.06. The molecular weight excluding hydrogens is 329 g/mol. The maximum absolute atomic E-state index is 13.0. The van der Waals surface area contributed by atoms with Crippen LogP contribution in [0.4, 0.5) is 4.39 Å². The molecule has 24 heavy (non-hydrogen) atoms. The van der Waals surface area contributed by atoms with Crippen LogP contribution in [0.25, 0.3) is 5.69 Å². The molecule has 0 saturated heterocycles. The molecule has 3 aromatic rings. The van der Waals surface area contributed by atoms with Gasteiger partial charge in [0.15, 0.2) is 0 Å². The van der Waals surface area contributed by atoms with Gasteiger partial charge in [0.05, 0.1) is 24.5 Å². The standard InChI is InChI=1S/C18H17ClFN3O/c19-15-3-1-14(2-4-15)18(12-24)21-9-13-10-22-23(11-13)17-7-5-16(20)6-8-17/h1-8,10-11,18,21,24H,9,12H2. The predicted molar refractivity (Wildman–Crippen MR) is 91.6 cm³/mol. The number of benzene rings is 2. The number of hydrogen-bond acceptors (Lipinski definition) is 3. The molecule has 2 N–H and O–H groups in total. The molecule has 0 aliphatic carbocycles. The molecule has 0 aliphatic heterocycles. The Morgan fingerprint density at radius 2 is 1.83 bits per heavy atom. The molecule has 6 heteroatoms. The summed E-state index contributed by atoms with van der Waals surface area (Å²) in [5.41, 5.74) is 2.72. The van der Waals surface area contributed by atoms with Crippen molar-refractivity contribution in [2.24, 2.45) is 0 Å². The first-order valence-electron chi connectivity index (χ1n) is 7.55. The van der Waals surface area contributed by atoms with E-state index >= 15 is 0 Å². The topological polar surface area (TPSA) is 50.1 Å². The van der Waals surface area contributed by atoms with E-state index in [0.29, 0.717) is 11.6 Å². The molecule has 0 amide bonds. The minimum Gasteiger partial charge on any atom is -0.394 e. The second-order valence-electron chi connectivity index (χ2n) is 5.44. The van der Waals surface area contributed by atoms with E-state index in [1.165, 1.54) is 12.1 Å². The molecule has 1 atom stereocenters. The van der Waals surface area contributed by atoms with Crippen LogP contribution in [0.15, 0.2) is 60.9 Å². The van der Waals surface area contributed by atoms with Gasteiger partial charge in [-0.1, -0.05) is 23.7 Å². The third-order valence-corrected chi connectivity index (χ3v) is 3.99. The lowest BCUT2D eigenvalue weighted by atomic mass is 10.1. The number of nitrogens with zero attached hydrogens (tertiary/aromatic N) is 2. The van der Waals surface area contributed by atoms with Gasteiger partial charge in [-0.25, -0.2) is 9.07 Å². The summed E-state index contributed by atoms with van der Waals surface area (Å²) >= 11 is 5.89. The number of aromatic nitrogens is 2. The number of nitrogens with one attached hydrogen (secondary N) is 1. The molecule has 1 unspecified atom stereocenters. The fourth-order valence-electron chi connectivity index (χ4n) is 2.41. The summed E-state index contributed by atoms with van der Waals surface area (Å²) in [7, 11) is 0. The molecule has 0 saturated carbocycles. The normalized spacial score (nSPS) is 12.3. The number of hydrogen-bond donors (Lipinski definition) is 2. The van der Waals surface area contributed by atoms with Crippen LogP contribution in [0.2, 0.25) is 5.02 Å². The highest BCUT2D eigenvalue weighted by molar-refractivity contribution is 6.30. The van der Waals surface area contributed by atoms with Crippen molar-refractivity contribution in [1.82, 2.24) is 15.1 Å². The van der Waals surface area contributed by atoms with Crippen LogP contribution >= 0.6 is 11.6 Å². The summed E-state index contributed by atoms with van der Waals surface area (Å²) in [6, 6.07) is 13.3. The van der Waals surface area contributed by atoms with E-state index in [-0.39, 0.29) is 18.5 Å². The lowest BCUT2D eigenvalue weighted by molar-refractivity contribution is 0.243. The van der Waals surface area contributed by atoms with Crippen molar-refractivity contribution in [3.63, 3.8) is 0 Å². The van der Waals surface area contributed by atoms with Gasteiger partial charge in [0.2, 0.25) is 0 Å². The minimum absolute atomic E-state index is 0.0201. The monoisotopic (exact) mass is 345 g/mol. The zero-order valence-corrected chi connectivity index (χ0v) is 13.6. The summed E-state index contributed by atoms with van der Waals surface area (Å²) in [6.07, 6.45) is 3.61. The summed E-state index contributed by atoms with van der Waals surface area (Å²) in [5, 5.41) is 17.8. The highest BCUT2D eigenvalue weighted by atomic mass is 35.5. The minimum atomic E-state index is -0.276. The van der Waals surface area contributed by atoms with Gasteiger partial charge >= 0.3 is 0 Å². The first-order valence-corrected chi connectivity index (χ1v) is 7.92. The molecule has 4 nitrogen and oxygen atoms in total. The van der Waals surface area contributed by atoms with Crippen LogP contribution in [0, 0.1) is 5.82 Å². The molecule has 0 fully saturated rings. The lowest BCUT2D eigenvalue weighted by Crippen LogP contribution is -2.23. The Labute approximate surface area is 144 Å². The largest absolute Gasteiger partial charge is 0.394 e. The van der Waals surface area contributed by atoms with E-state index in [4.69, 9.17) is 11.6 Å². The SMILES string of the molecule is OCC(NCc1cnn(-c2ccc(F)cc2)c1)c1ccc(Cl)cc1. The zero-order chi connectivity index (χ0) is 16.9. The molecule has 1 aromatic heterocycles. The summed E-state index contributed by atoms with van der Waals surface area (Å²) in [4.78, 5) is 0. The molecule has 0 radical (unpaired) electrons. The van der Waals surface area contributed by atoms with E-state index in [1.807, 2.05) is 18.3 Å². The zero-order valence-electron chi connectivity index (χ0n) is 12.9. The summed E-state index contributed by atoms with van der Waals surface area (Å²) in [6.45, 7) is 0.531. The molecule has 0 bridgehead atoms. The van der Waals surface area contributed by atoms with E-state index in [2.05, 4.69) is 10.4 Å². The molecular formula is C18H17ClFN3O. The lowest BCUT2D eigenvalue weighted by Gasteiger charge is -2.16. The van der Waals surface area contributed by atoms with Crippen LogP contribution in [-0.4, -0.2) is 21.5 Å². The highest BCUT2D eigenvalue weighted by Crippen LogP contribution is 2.17. The van der Waals surface area contributed by atoms with E-state index in [1.54, 1.807) is 35.1 Å². The van der Waals surface area contributed by atoms with Crippen LogP contribution in [0.5, 0.6) is 0 Å². The molecule has 1 heterocycles. The van der Waals surface area contributed by atoms with Crippen LogP contribution in [0.3, 0.4) is 0 Å². The Morgan fingerprint density at radius 3 is 2.50 bits per heavy atom. The van der Waals surface area contributed by atoms with Crippen molar-refractivity contribution in [1.29, 1.82) is 0 Å². The molecule has 0 aliphatic rings. The summed E-state index contributed by atoms with van der Waals surface area (Å²) < 4.78 is 14.7. The quantitative estimate of drug-likeness (QED) is 0.719. The van der Waals surface area contributed by atoms with Gasteiger partial charge in [0.1, 0.15) is 5.82 Å². The molecule has 3 rings (SSSR count). The Kier molecular flexibility index (Phi) is 5.25. The van der Waals surface area contributed by atoms with Gasteiger partial charge < -0.3 is 10.4 Å². The third-order valence-electron chi connectivity index (χ3n) is 3.73. The number of aliphatic hydroxyl groups excluding tert-OH is 1. The smallest absolute Gasteiger partial charge is 0.123 e. The van der Waals surface area contributed by atoms with Gasteiger partial charge in [0, 0.05) is 23.3 Å². The number of halogens is 2. The maximum Gasteiger partial charge on any atom is 0.123 e. The average molecular weight is 346 g/mol. The van der Waals surface area contributed by atoms with Gasteiger partial charge in [0.25, 0.3) is 0 Å². The Balaban J connectivity index is 1.65. The van der Waals surface area contributed by atoms with Crippen molar-refractivity contribution in [2.45, 2.75) is 12.6 Å². The van der Waals surface area contributed by atoms with E-state index < -0.39 is 0 Å². The number of aliphatic hydroxyl groups is 1. The van der Waals surface area contributed by atoms with Gasteiger partial charge in [-0.15, -0.1) is 0 Å². The van der Waals surface area contributed by atoms with Crippen LogP contribution in [-0.2, 0) is 6.54 Å². The predicted octanol–water partition coefficient (Wildman–Crippen LogP) is 3.49. The van der Waals surface area contributed by atoms with Crippen molar-refractivity contribution in [2.75, 3.05) is 6.61 Å². The highest BCUT2D eigenvalue weighted by Gasteiger charge is 2.10. The Bertz CT molecular complexity index is 787. The first-order chi connectivity index (χ1) is 11.7. The molecule has 2 aromatic carbocycles. The van der Waals surface area contributed by atoms with Crippen LogP contribution in [0.1, 0.15) is 17.2 Å². The van der Waals surface area contributed by atoms with Crippen LogP contribution < -0.4 is 5.32 Å². The second kappa shape index (κ2) is 7.57. The van der Waals surface area contributed by atoms with Crippen molar-refractivity contribution in [3.8, 4) is 5.69 Å². The third kappa shape index (κ3) is 4.00. The fraction of sp³-hybridized carbons (Fsp3) is 0.167. The summed E-state index contributed by atoms with van der Waals surface area (Å²) in [5.74, 6) is -0.276. The van der Waals surface area contributed by atoms with Gasteiger partial charge in [-0.3, -0.25) is 0 Å². The fourth-order valence-corrected chi connectivity index (χ4v) is 2.54. The van der Waals surface area contributed by atoms with Gasteiger partial charge in [-0.2, -0.15) is 5.10 Å². The molecule has 124 valence electrons. The first kappa shape index (κ1) is 16.6. The number of rotatable bonds is 6. The Morgan fingerprint density at radius 1 is 1.12 bits per heavy atom. The maximum atomic E-state index is 13.0. The van der Waals surface area contributed by atoms with E-state index in [0.717, 1.165) is 16.8 Å². The Hall–Kier alpha value is -2.21. The van der Waals surface area contributed by atoms with Gasteiger partial charge in [-0.05, 0) is 42.0 Å². The van der Waals surface area contributed by atoms with Crippen molar-refractivity contribution >= 4 is 11.6 Å². The van der Waals surface area contributed by atoms with E-state index in [9.17, 15) is 9.50 Å². The molecule has 0 spiro atoms. The van der Waals surface area contributed by atoms with Crippen molar-refractivity contribution in [3.05, 3.63) is 82.9 Å². The van der Waals surface area contributed by atoms with Crippen molar-refractivity contribution < 1.29 is 9.50 Å². The second-order valence-corrected chi connectivity index (χ2v) is 5.87.